The number of likely N-dealkylation sites (tertiary alicyclic amines) is 1. The van der Waals surface area contributed by atoms with Gasteiger partial charge in [-0.2, -0.15) is 5.10 Å². The molecule has 0 bridgehead atoms. The van der Waals surface area contributed by atoms with Crippen LogP contribution in [0.5, 0.6) is 0 Å². The molecular formula is C17H25N3O4. The number of aromatic nitrogens is 2. The van der Waals surface area contributed by atoms with Gasteiger partial charge in [0.1, 0.15) is 5.69 Å². The second-order valence-electron chi connectivity index (χ2n) is 5.98. The summed E-state index contributed by atoms with van der Waals surface area (Å²) in [7, 11) is 0. The van der Waals surface area contributed by atoms with Crippen LogP contribution in [0.3, 0.4) is 0 Å². The molecule has 1 aromatic heterocycles. The first-order chi connectivity index (χ1) is 11.6. The summed E-state index contributed by atoms with van der Waals surface area (Å²) in [6.45, 7) is 5.57. The molecule has 1 saturated heterocycles. The SMILES string of the molecule is CCCCn1nc(C(=O)N2CCCC(C(=O)OCC)C2)ccc1=O. The summed E-state index contributed by atoms with van der Waals surface area (Å²) in [5.74, 6) is -0.779. The molecule has 1 amide bonds. The third-order valence-corrected chi connectivity index (χ3v) is 4.14. The van der Waals surface area contributed by atoms with Gasteiger partial charge in [-0.1, -0.05) is 13.3 Å². The van der Waals surface area contributed by atoms with Gasteiger partial charge >= 0.3 is 5.97 Å². The fourth-order valence-electron chi connectivity index (χ4n) is 2.81. The Morgan fingerprint density at radius 1 is 1.33 bits per heavy atom. The molecule has 0 aromatic carbocycles. The van der Waals surface area contributed by atoms with E-state index >= 15 is 0 Å². The fraction of sp³-hybridized carbons (Fsp3) is 0.647. The highest BCUT2D eigenvalue weighted by Gasteiger charge is 2.30. The van der Waals surface area contributed by atoms with E-state index in [1.54, 1.807) is 11.8 Å². The van der Waals surface area contributed by atoms with E-state index in [0.29, 0.717) is 26.2 Å². The lowest BCUT2D eigenvalue weighted by Gasteiger charge is -2.31. The Kier molecular flexibility index (Phi) is 6.52. The molecule has 0 spiro atoms. The minimum atomic E-state index is -0.284. The molecule has 1 atom stereocenters. The van der Waals surface area contributed by atoms with E-state index in [9.17, 15) is 14.4 Å². The van der Waals surface area contributed by atoms with Crippen LogP contribution in [0.15, 0.2) is 16.9 Å². The number of carbonyl (C=O) groups is 2. The topological polar surface area (TPSA) is 81.5 Å². The standard InChI is InChI=1S/C17H25N3O4/c1-3-5-11-20-15(21)9-8-14(18-20)16(22)19-10-6-7-13(12-19)17(23)24-4-2/h8-9,13H,3-7,10-12H2,1-2H3. The van der Waals surface area contributed by atoms with Crippen LogP contribution in [0.4, 0.5) is 0 Å². The molecular weight excluding hydrogens is 310 g/mol. The molecule has 7 heteroatoms. The zero-order chi connectivity index (χ0) is 17.5. The molecule has 0 aliphatic carbocycles. The van der Waals surface area contributed by atoms with Crippen LogP contribution in [-0.2, 0) is 16.1 Å². The van der Waals surface area contributed by atoms with Crippen molar-refractivity contribution in [2.75, 3.05) is 19.7 Å². The molecule has 1 unspecified atom stereocenters. The monoisotopic (exact) mass is 335 g/mol. The molecule has 132 valence electrons. The second kappa shape index (κ2) is 8.61. The number of hydrogen-bond acceptors (Lipinski definition) is 5. The van der Waals surface area contributed by atoms with Gasteiger partial charge in [-0.3, -0.25) is 14.4 Å². The van der Waals surface area contributed by atoms with Crippen LogP contribution in [0.2, 0.25) is 0 Å². The van der Waals surface area contributed by atoms with E-state index in [0.717, 1.165) is 25.7 Å². The highest BCUT2D eigenvalue weighted by Crippen LogP contribution is 2.19. The van der Waals surface area contributed by atoms with Crippen LogP contribution in [-0.4, -0.2) is 46.3 Å². The van der Waals surface area contributed by atoms with Crippen molar-refractivity contribution in [1.29, 1.82) is 0 Å². The fourth-order valence-corrected chi connectivity index (χ4v) is 2.81. The summed E-state index contributed by atoms with van der Waals surface area (Å²) >= 11 is 0. The van der Waals surface area contributed by atoms with Crippen molar-refractivity contribution in [3.05, 3.63) is 28.2 Å². The Morgan fingerprint density at radius 3 is 2.83 bits per heavy atom. The van der Waals surface area contributed by atoms with Crippen molar-refractivity contribution in [2.45, 2.75) is 46.1 Å². The summed E-state index contributed by atoms with van der Waals surface area (Å²) in [6, 6.07) is 2.84. The number of rotatable bonds is 6. The Labute approximate surface area is 141 Å². The lowest BCUT2D eigenvalue weighted by molar-refractivity contribution is -0.149. The number of nitrogens with zero attached hydrogens (tertiary/aromatic N) is 3. The van der Waals surface area contributed by atoms with Gasteiger partial charge < -0.3 is 9.64 Å². The van der Waals surface area contributed by atoms with Crippen LogP contribution in [0.1, 0.15) is 50.0 Å². The predicted molar refractivity (Wildman–Crippen MR) is 88.7 cm³/mol. The van der Waals surface area contributed by atoms with Crippen LogP contribution < -0.4 is 5.56 Å². The zero-order valence-electron chi connectivity index (χ0n) is 14.4. The number of unbranched alkanes of at least 4 members (excludes halogenated alkanes) is 1. The van der Waals surface area contributed by atoms with Crippen molar-refractivity contribution in [3.63, 3.8) is 0 Å². The largest absolute Gasteiger partial charge is 0.466 e. The lowest BCUT2D eigenvalue weighted by atomic mass is 9.98. The van der Waals surface area contributed by atoms with Gasteiger partial charge in [0.2, 0.25) is 0 Å². The lowest BCUT2D eigenvalue weighted by Crippen LogP contribution is -2.43. The van der Waals surface area contributed by atoms with Crippen LogP contribution in [0.25, 0.3) is 0 Å². The summed E-state index contributed by atoms with van der Waals surface area (Å²) in [5.41, 5.74) is 0.0401. The Morgan fingerprint density at radius 2 is 2.12 bits per heavy atom. The van der Waals surface area contributed by atoms with Crippen LogP contribution >= 0.6 is 0 Å². The maximum absolute atomic E-state index is 12.7. The van der Waals surface area contributed by atoms with E-state index in [2.05, 4.69) is 5.10 Å². The first kappa shape index (κ1) is 18.2. The van der Waals surface area contributed by atoms with Crippen molar-refractivity contribution in [2.24, 2.45) is 5.92 Å². The number of piperidine rings is 1. The number of carbonyl (C=O) groups excluding carboxylic acids is 2. The first-order valence-corrected chi connectivity index (χ1v) is 8.60. The van der Waals surface area contributed by atoms with Crippen LogP contribution in [0, 0.1) is 5.92 Å². The first-order valence-electron chi connectivity index (χ1n) is 8.60. The predicted octanol–water partition coefficient (Wildman–Crippen LogP) is 1.46. The van der Waals surface area contributed by atoms with Gasteiger partial charge in [-0.25, -0.2) is 4.68 Å². The summed E-state index contributed by atoms with van der Waals surface area (Å²) in [6.07, 6.45) is 3.26. The summed E-state index contributed by atoms with van der Waals surface area (Å²) in [5, 5.41) is 4.19. The zero-order valence-corrected chi connectivity index (χ0v) is 14.4. The second-order valence-corrected chi connectivity index (χ2v) is 5.98. The molecule has 1 aliphatic rings. The minimum Gasteiger partial charge on any atom is -0.466 e. The normalized spacial score (nSPS) is 17.6. The van der Waals surface area contributed by atoms with E-state index in [1.807, 2.05) is 6.92 Å². The average molecular weight is 335 g/mol. The highest BCUT2D eigenvalue weighted by atomic mass is 16.5. The Balaban J connectivity index is 2.10. The van der Waals surface area contributed by atoms with E-state index in [1.165, 1.54) is 16.8 Å². The molecule has 7 nitrogen and oxygen atoms in total. The number of aryl methyl sites for hydroxylation is 1. The molecule has 0 saturated carbocycles. The molecule has 1 aliphatic heterocycles. The molecule has 2 rings (SSSR count). The van der Waals surface area contributed by atoms with Gasteiger partial charge in [0, 0.05) is 25.7 Å². The Bertz CT molecular complexity index is 641. The van der Waals surface area contributed by atoms with Crippen molar-refractivity contribution in [1.82, 2.24) is 14.7 Å². The van der Waals surface area contributed by atoms with Gasteiger partial charge in [0.15, 0.2) is 0 Å². The maximum atomic E-state index is 12.7. The van der Waals surface area contributed by atoms with E-state index < -0.39 is 0 Å². The van der Waals surface area contributed by atoms with Gasteiger partial charge in [0.05, 0.1) is 12.5 Å². The van der Waals surface area contributed by atoms with E-state index in [-0.39, 0.29) is 29.0 Å². The third kappa shape index (κ3) is 4.43. The van der Waals surface area contributed by atoms with E-state index in [4.69, 9.17) is 4.74 Å². The third-order valence-electron chi connectivity index (χ3n) is 4.14. The molecule has 2 heterocycles. The van der Waals surface area contributed by atoms with Gasteiger partial charge in [-0.15, -0.1) is 0 Å². The molecule has 24 heavy (non-hydrogen) atoms. The van der Waals surface area contributed by atoms with Crippen molar-refractivity contribution >= 4 is 11.9 Å². The molecule has 1 aromatic rings. The van der Waals surface area contributed by atoms with Crippen molar-refractivity contribution < 1.29 is 14.3 Å². The minimum absolute atomic E-state index is 0.206. The molecule has 0 radical (unpaired) electrons. The Hall–Kier alpha value is -2.18. The van der Waals surface area contributed by atoms with Gasteiger partial charge in [-0.05, 0) is 32.3 Å². The highest BCUT2D eigenvalue weighted by molar-refractivity contribution is 5.92. The average Bonchev–Trinajstić information content (AvgIpc) is 2.60. The summed E-state index contributed by atoms with van der Waals surface area (Å²) in [4.78, 5) is 38.0. The summed E-state index contributed by atoms with van der Waals surface area (Å²) < 4.78 is 6.39. The molecule has 0 N–H and O–H groups in total. The molecule has 1 fully saturated rings. The number of hydrogen-bond donors (Lipinski definition) is 0. The number of ether oxygens (including phenoxy) is 1. The number of amides is 1. The maximum Gasteiger partial charge on any atom is 0.310 e. The van der Waals surface area contributed by atoms with Crippen molar-refractivity contribution in [3.8, 4) is 0 Å². The smallest absolute Gasteiger partial charge is 0.310 e. The number of esters is 1. The quantitative estimate of drug-likeness (QED) is 0.735. The van der Waals surface area contributed by atoms with Gasteiger partial charge in [0.25, 0.3) is 11.5 Å².